The number of benzene rings is 2. The lowest BCUT2D eigenvalue weighted by Crippen LogP contribution is -2.32. The first-order chi connectivity index (χ1) is 14.5. The highest BCUT2D eigenvalue weighted by Gasteiger charge is 2.20. The van der Waals surface area contributed by atoms with Crippen LogP contribution in [-0.2, 0) is 4.79 Å². The van der Waals surface area contributed by atoms with E-state index in [9.17, 15) is 9.59 Å². The van der Waals surface area contributed by atoms with Crippen LogP contribution in [0, 0.1) is 0 Å². The predicted molar refractivity (Wildman–Crippen MR) is 121 cm³/mol. The first-order valence-corrected chi connectivity index (χ1v) is 11.1. The Morgan fingerprint density at radius 2 is 1.73 bits per heavy atom. The van der Waals surface area contributed by atoms with E-state index in [0.717, 1.165) is 38.8 Å². The minimum Gasteiger partial charge on any atom is -0.492 e. The number of halogens is 2. The van der Waals surface area contributed by atoms with Crippen molar-refractivity contribution in [2.75, 3.05) is 25.0 Å². The molecule has 2 aromatic rings. The van der Waals surface area contributed by atoms with Gasteiger partial charge in [0.05, 0.1) is 22.9 Å². The highest BCUT2D eigenvalue weighted by Crippen LogP contribution is 2.27. The molecule has 160 valence electrons. The fourth-order valence-corrected chi connectivity index (χ4v) is 3.91. The zero-order chi connectivity index (χ0) is 21.3. The SMILES string of the molecule is O=C(CCCOc1ccc(Cl)cc1Cl)Nc1ccccc1C(=O)N1CCCCCC1. The van der Waals surface area contributed by atoms with Gasteiger partial charge in [0, 0.05) is 24.5 Å². The number of nitrogens with one attached hydrogen (secondary N) is 1. The molecule has 0 saturated carbocycles. The lowest BCUT2D eigenvalue weighted by molar-refractivity contribution is -0.116. The maximum Gasteiger partial charge on any atom is 0.255 e. The standard InChI is InChI=1S/C23H26Cl2N2O3/c24-17-11-12-21(19(25)16-17)30-15-7-10-22(28)26-20-9-4-3-8-18(20)23(29)27-13-5-1-2-6-14-27/h3-4,8-9,11-12,16H,1-2,5-7,10,13-15H2,(H,26,28). The van der Waals surface area contributed by atoms with E-state index in [1.165, 1.54) is 0 Å². The van der Waals surface area contributed by atoms with Gasteiger partial charge >= 0.3 is 0 Å². The first kappa shape index (κ1) is 22.4. The molecule has 5 nitrogen and oxygen atoms in total. The Morgan fingerprint density at radius 3 is 2.47 bits per heavy atom. The van der Waals surface area contributed by atoms with Crippen molar-refractivity contribution in [3.63, 3.8) is 0 Å². The minimum absolute atomic E-state index is 0.0199. The number of para-hydroxylation sites is 1. The molecule has 0 aliphatic carbocycles. The van der Waals surface area contributed by atoms with Crippen molar-refractivity contribution in [3.8, 4) is 5.75 Å². The normalized spacial score (nSPS) is 14.1. The summed E-state index contributed by atoms with van der Waals surface area (Å²) in [7, 11) is 0. The molecule has 1 aliphatic rings. The van der Waals surface area contributed by atoms with E-state index in [2.05, 4.69) is 5.32 Å². The molecule has 7 heteroatoms. The van der Waals surface area contributed by atoms with Crippen molar-refractivity contribution in [1.29, 1.82) is 0 Å². The summed E-state index contributed by atoms with van der Waals surface area (Å²) in [5, 5.41) is 3.86. The van der Waals surface area contributed by atoms with Crippen LogP contribution in [0.15, 0.2) is 42.5 Å². The number of carbonyl (C=O) groups excluding carboxylic acids is 2. The maximum atomic E-state index is 13.0. The number of nitrogens with zero attached hydrogens (tertiary/aromatic N) is 1. The fourth-order valence-electron chi connectivity index (χ4n) is 3.44. The topological polar surface area (TPSA) is 58.6 Å². The van der Waals surface area contributed by atoms with Gasteiger partial charge in [-0.15, -0.1) is 0 Å². The largest absolute Gasteiger partial charge is 0.492 e. The molecule has 2 aromatic carbocycles. The number of rotatable bonds is 7. The molecule has 2 amide bonds. The quantitative estimate of drug-likeness (QED) is 0.543. The van der Waals surface area contributed by atoms with E-state index < -0.39 is 0 Å². The van der Waals surface area contributed by atoms with Crippen LogP contribution in [0.5, 0.6) is 5.75 Å². The third kappa shape index (κ3) is 6.38. The van der Waals surface area contributed by atoms with Crippen molar-refractivity contribution in [2.24, 2.45) is 0 Å². The minimum atomic E-state index is -0.156. The number of hydrogen-bond acceptors (Lipinski definition) is 3. The summed E-state index contributed by atoms with van der Waals surface area (Å²) in [6.45, 7) is 1.89. The summed E-state index contributed by atoms with van der Waals surface area (Å²) in [4.78, 5) is 27.3. The summed E-state index contributed by atoms with van der Waals surface area (Å²) in [5.41, 5.74) is 1.09. The van der Waals surface area contributed by atoms with Crippen molar-refractivity contribution < 1.29 is 14.3 Å². The molecule has 0 spiro atoms. The monoisotopic (exact) mass is 448 g/mol. The van der Waals surface area contributed by atoms with Gasteiger partial charge in [-0.3, -0.25) is 9.59 Å². The number of amides is 2. The van der Waals surface area contributed by atoms with Crippen molar-refractivity contribution >= 4 is 40.7 Å². The van der Waals surface area contributed by atoms with E-state index in [-0.39, 0.29) is 18.2 Å². The van der Waals surface area contributed by atoms with E-state index in [1.807, 2.05) is 17.0 Å². The van der Waals surface area contributed by atoms with Gasteiger partial charge in [-0.25, -0.2) is 0 Å². The van der Waals surface area contributed by atoms with Crippen LogP contribution in [0.1, 0.15) is 48.9 Å². The van der Waals surface area contributed by atoms with Gasteiger partial charge in [0.1, 0.15) is 5.75 Å². The van der Waals surface area contributed by atoms with Crippen LogP contribution in [0.2, 0.25) is 10.0 Å². The van der Waals surface area contributed by atoms with Crippen LogP contribution in [-0.4, -0.2) is 36.4 Å². The molecule has 0 atom stereocenters. The molecule has 1 fully saturated rings. The summed E-state index contributed by atoms with van der Waals surface area (Å²) in [6, 6.07) is 12.2. The Hall–Kier alpha value is -2.24. The van der Waals surface area contributed by atoms with Gasteiger partial charge in [-0.2, -0.15) is 0 Å². The lowest BCUT2D eigenvalue weighted by atomic mass is 10.1. The summed E-state index contributed by atoms with van der Waals surface area (Å²) < 4.78 is 5.61. The Kier molecular flexibility index (Phi) is 8.40. The number of anilines is 1. The molecule has 0 aromatic heterocycles. The molecule has 0 radical (unpaired) electrons. The average molecular weight is 449 g/mol. The second-order valence-corrected chi connectivity index (χ2v) is 8.17. The van der Waals surface area contributed by atoms with Crippen LogP contribution in [0.4, 0.5) is 5.69 Å². The van der Waals surface area contributed by atoms with Gasteiger partial charge < -0.3 is 15.0 Å². The number of ether oxygens (including phenoxy) is 1. The molecule has 1 N–H and O–H groups in total. The molecular weight excluding hydrogens is 423 g/mol. The van der Waals surface area contributed by atoms with Gasteiger partial charge in [0.15, 0.2) is 0 Å². The second-order valence-electron chi connectivity index (χ2n) is 7.33. The Morgan fingerprint density at radius 1 is 1.00 bits per heavy atom. The predicted octanol–water partition coefficient (Wildman–Crippen LogP) is 5.81. The number of hydrogen-bond donors (Lipinski definition) is 1. The smallest absolute Gasteiger partial charge is 0.255 e. The molecule has 1 saturated heterocycles. The Labute approximate surface area is 187 Å². The fraction of sp³-hybridized carbons (Fsp3) is 0.391. The van der Waals surface area contributed by atoms with E-state index in [1.54, 1.807) is 30.3 Å². The van der Waals surface area contributed by atoms with Crippen molar-refractivity contribution in [1.82, 2.24) is 4.90 Å². The molecular formula is C23H26Cl2N2O3. The molecule has 0 unspecified atom stereocenters. The summed E-state index contributed by atoms with van der Waals surface area (Å²) in [5.74, 6) is 0.361. The molecule has 3 rings (SSSR count). The second kappa shape index (κ2) is 11.2. The van der Waals surface area contributed by atoms with Gasteiger partial charge in [-0.05, 0) is 49.6 Å². The van der Waals surface area contributed by atoms with Crippen LogP contribution < -0.4 is 10.1 Å². The third-order valence-corrected chi connectivity index (χ3v) is 5.55. The van der Waals surface area contributed by atoms with Crippen LogP contribution in [0.25, 0.3) is 0 Å². The summed E-state index contributed by atoms with van der Waals surface area (Å²) >= 11 is 11.9. The first-order valence-electron chi connectivity index (χ1n) is 10.3. The Bertz CT molecular complexity index is 881. The van der Waals surface area contributed by atoms with Gasteiger partial charge in [0.25, 0.3) is 5.91 Å². The number of likely N-dealkylation sites (tertiary alicyclic amines) is 1. The molecule has 1 aliphatic heterocycles. The zero-order valence-electron chi connectivity index (χ0n) is 16.8. The van der Waals surface area contributed by atoms with E-state index in [0.29, 0.717) is 40.1 Å². The average Bonchev–Trinajstić information content (AvgIpc) is 3.02. The third-order valence-electron chi connectivity index (χ3n) is 5.02. The van der Waals surface area contributed by atoms with Crippen molar-refractivity contribution in [3.05, 3.63) is 58.1 Å². The number of carbonyl (C=O) groups is 2. The highest BCUT2D eigenvalue weighted by atomic mass is 35.5. The van der Waals surface area contributed by atoms with Gasteiger partial charge in [-0.1, -0.05) is 48.2 Å². The summed E-state index contributed by atoms with van der Waals surface area (Å²) in [6.07, 6.45) is 5.16. The zero-order valence-corrected chi connectivity index (χ0v) is 18.3. The Balaban J connectivity index is 1.52. The molecule has 0 bridgehead atoms. The lowest BCUT2D eigenvalue weighted by Gasteiger charge is -2.22. The molecule has 1 heterocycles. The van der Waals surface area contributed by atoms with Crippen LogP contribution in [0.3, 0.4) is 0 Å². The molecule has 30 heavy (non-hydrogen) atoms. The van der Waals surface area contributed by atoms with E-state index >= 15 is 0 Å². The highest BCUT2D eigenvalue weighted by molar-refractivity contribution is 6.35. The van der Waals surface area contributed by atoms with E-state index in [4.69, 9.17) is 27.9 Å². The van der Waals surface area contributed by atoms with Gasteiger partial charge in [0.2, 0.25) is 5.91 Å². The maximum absolute atomic E-state index is 13.0. The van der Waals surface area contributed by atoms with Crippen LogP contribution >= 0.6 is 23.2 Å². The van der Waals surface area contributed by atoms with Crippen molar-refractivity contribution in [2.45, 2.75) is 38.5 Å².